The number of nitrogens with two attached hydrogens (primary N) is 1. The van der Waals surface area contributed by atoms with Crippen LogP contribution in [0, 0.1) is 0 Å². The normalized spacial score (nSPS) is 9.95. The summed E-state index contributed by atoms with van der Waals surface area (Å²) in [5.41, 5.74) is 5.78. The average molecular weight is 286 g/mol. The van der Waals surface area contributed by atoms with E-state index in [1.54, 1.807) is 6.92 Å². The average Bonchev–Trinajstić information content (AvgIpc) is 2.80. The predicted molar refractivity (Wildman–Crippen MR) is 73.1 cm³/mol. The Balaban J connectivity index is 2.24. The van der Waals surface area contributed by atoms with E-state index in [9.17, 15) is 9.59 Å². The van der Waals surface area contributed by atoms with Gasteiger partial charge in [0, 0.05) is 24.9 Å². The Kier molecular flexibility index (Phi) is 6.65. The molecule has 0 aliphatic carbocycles. The fourth-order valence-corrected chi connectivity index (χ4v) is 2.09. The summed E-state index contributed by atoms with van der Waals surface area (Å²) in [7, 11) is 0. The Morgan fingerprint density at radius 3 is 2.95 bits per heavy atom. The van der Waals surface area contributed by atoms with Crippen molar-refractivity contribution in [3.05, 3.63) is 11.1 Å². The number of nitrogens with zero attached hydrogens (tertiary/aromatic N) is 1. The molecule has 19 heavy (non-hydrogen) atoms. The first-order chi connectivity index (χ1) is 9.11. The molecule has 0 saturated heterocycles. The molecule has 0 aliphatic heterocycles. The monoisotopic (exact) mass is 286 g/mol. The molecule has 4 N–H and O–H groups in total. The number of esters is 1. The molecule has 1 aromatic rings. The largest absolute Gasteiger partial charge is 0.466 e. The molecule has 0 aromatic carbocycles. The fraction of sp³-hybridized carbons (Fsp3) is 0.545. The van der Waals surface area contributed by atoms with Crippen molar-refractivity contribution in [2.75, 3.05) is 25.0 Å². The van der Waals surface area contributed by atoms with Crippen LogP contribution >= 0.6 is 11.3 Å². The molecule has 106 valence electrons. The van der Waals surface area contributed by atoms with Crippen LogP contribution in [0.4, 0.5) is 9.93 Å². The van der Waals surface area contributed by atoms with E-state index in [0.717, 1.165) is 10.8 Å². The van der Waals surface area contributed by atoms with Gasteiger partial charge >= 0.3 is 12.0 Å². The molecular weight excluding hydrogens is 268 g/mol. The molecule has 0 bridgehead atoms. The minimum Gasteiger partial charge on any atom is -0.466 e. The topological polar surface area (TPSA) is 106 Å². The molecule has 0 radical (unpaired) electrons. The number of anilines is 1. The first kappa shape index (κ1) is 15.2. The van der Waals surface area contributed by atoms with Gasteiger partial charge in [0.05, 0.1) is 18.7 Å². The molecule has 0 aliphatic rings. The Hall–Kier alpha value is -1.83. The summed E-state index contributed by atoms with van der Waals surface area (Å²) >= 11 is 1.46. The maximum absolute atomic E-state index is 11.2. The maximum atomic E-state index is 11.2. The lowest BCUT2D eigenvalue weighted by Crippen LogP contribution is -2.33. The van der Waals surface area contributed by atoms with Gasteiger partial charge in [-0.2, -0.15) is 0 Å². The highest BCUT2D eigenvalue weighted by molar-refractivity contribution is 7.13. The van der Waals surface area contributed by atoms with E-state index in [2.05, 4.69) is 15.6 Å². The number of ether oxygens (including phenoxy) is 1. The number of urea groups is 1. The second-order valence-corrected chi connectivity index (χ2v) is 4.52. The SMILES string of the molecule is CCOC(=O)CCc1csc(NCCNC(N)=O)n1. The van der Waals surface area contributed by atoms with Crippen LogP contribution in [0.3, 0.4) is 0 Å². The summed E-state index contributed by atoms with van der Waals surface area (Å²) in [6.07, 6.45) is 0.900. The number of carbonyl (C=O) groups excluding carboxylic acids is 2. The third-order valence-electron chi connectivity index (χ3n) is 2.14. The Bertz CT molecular complexity index is 422. The van der Waals surface area contributed by atoms with Crippen molar-refractivity contribution in [2.45, 2.75) is 19.8 Å². The quantitative estimate of drug-likeness (QED) is 0.482. The number of primary amides is 1. The Morgan fingerprint density at radius 2 is 2.26 bits per heavy atom. The maximum Gasteiger partial charge on any atom is 0.312 e. The van der Waals surface area contributed by atoms with E-state index in [1.807, 2.05) is 5.38 Å². The molecule has 0 atom stereocenters. The van der Waals surface area contributed by atoms with Gasteiger partial charge in [-0.1, -0.05) is 0 Å². The summed E-state index contributed by atoms with van der Waals surface area (Å²) in [5.74, 6) is -0.212. The van der Waals surface area contributed by atoms with Crippen molar-refractivity contribution in [1.82, 2.24) is 10.3 Å². The molecule has 2 amide bonds. The van der Waals surface area contributed by atoms with E-state index < -0.39 is 6.03 Å². The van der Waals surface area contributed by atoms with E-state index in [-0.39, 0.29) is 5.97 Å². The van der Waals surface area contributed by atoms with E-state index >= 15 is 0 Å². The lowest BCUT2D eigenvalue weighted by molar-refractivity contribution is -0.143. The number of thiazole rings is 1. The minimum absolute atomic E-state index is 0.212. The molecule has 8 heteroatoms. The highest BCUT2D eigenvalue weighted by Gasteiger charge is 2.06. The van der Waals surface area contributed by atoms with E-state index in [0.29, 0.717) is 32.5 Å². The van der Waals surface area contributed by atoms with Gasteiger partial charge in [0.1, 0.15) is 0 Å². The summed E-state index contributed by atoms with van der Waals surface area (Å²) in [6.45, 7) is 3.17. The molecule has 0 saturated carbocycles. The molecule has 0 fully saturated rings. The summed E-state index contributed by atoms with van der Waals surface area (Å²) in [6, 6.07) is -0.545. The van der Waals surface area contributed by atoms with Crippen LogP contribution in [0.15, 0.2) is 5.38 Å². The fourth-order valence-electron chi connectivity index (χ4n) is 1.32. The number of hydrogen-bond acceptors (Lipinski definition) is 6. The minimum atomic E-state index is -0.545. The molecule has 1 heterocycles. The van der Waals surface area contributed by atoms with Crippen molar-refractivity contribution in [2.24, 2.45) is 5.73 Å². The zero-order valence-corrected chi connectivity index (χ0v) is 11.6. The van der Waals surface area contributed by atoms with Crippen LogP contribution in [-0.2, 0) is 16.0 Å². The lowest BCUT2D eigenvalue weighted by atomic mass is 10.2. The molecule has 1 rings (SSSR count). The van der Waals surface area contributed by atoms with Crippen molar-refractivity contribution in [3.63, 3.8) is 0 Å². The number of aryl methyl sites for hydroxylation is 1. The summed E-state index contributed by atoms with van der Waals surface area (Å²) < 4.78 is 4.84. The van der Waals surface area contributed by atoms with Crippen LogP contribution in [0.5, 0.6) is 0 Å². The van der Waals surface area contributed by atoms with E-state index in [1.165, 1.54) is 11.3 Å². The zero-order chi connectivity index (χ0) is 14.1. The highest BCUT2D eigenvalue weighted by atomic mass is 32.1. The first-order valence-corrected chi connectivity index (χ1v) is 6.87. The van der Waals surface area contributed by atoms with Gasteiger partial charge in [0.15, 0.2) is 5.13 Å². The zero-order valence-electron chi connectivity index (χ0n) is 10.8. The van der Waals surface area contributed by atoms with Gasteiger partial charge in [-0.25, -0.2) is 9.78 Å². The van der Waals surface area contributed by atoms with Gasteiger partial charge in [0.25, 0.3) is 0 Å². The Morgan fingerprint density at radius 1 is 1.47 bits per heavy atom. The molecule has 0 unspecified atom stereocenters. The molecule has 7 nitrogen and oxygen atoms in total. The smallest absolute Gasteiger partial charge is 0.312 e. The second kappa shape index (κ2) is 8.30. The van der Waals surface area contributed by atoms with Gasteiger partial charge in [-0.15, -0.1) is 11.3 Å². The van der Waals surface area contributed by atoms with Crippen LogP contribution in [0.1, 0.15) is 19.0 Å². The number of rotatable bonds is 8. The predicted octanol–water partition coefficient (Wildman–Crippen LogP) is 0.719. The lowest BCUT2D eigenvalue weighted by Gasteiger charge is -2.02. The van der Waals surface area contributed by atoms with Crippen molar-refractivity contribution in [3.8, 4) is 0 Å². The van der Waals surface area contributed by atoms with Gasteiger partial charge in [0.2, 0.25) is 0 Å². The molecule has 0 spiro atoms. The standard InChI is InChI=1S/C11H18N4O3S/c1-2-18-9(16)4-3-8-7-19-11(15-8)14-6-5-13-10(12)17/h7H,2-6H2,1H3,(H,14,15)(H3,12,13,17). The third kappa shape index (κ3) is 6.61. The second-order valence-electron chi connectivity index (χ2n) is 3.67. The van der Waals surface area contributed by atoms with Gasteiger partial charge < -0.3 is 21.1 Å². The number of amides is 2. The van der Waals surface area contributed by atoms with Crippen LogP contribution in [-0.4, -0.2) is 36.7 Å². The Labute approximate surface area is 115 Å². The molecular formula is C11H18N4O3S. The van der Waals surface area contributed by atoms with Crippen LogP contribution in [0.25, 0.3) is 0 Å². The highest BCUT2D eigenvalue weighted by Crippen LogP contribution is 2.16. The van der Waals surface area contributed by atoms with Crippen molar-refractivity contribution >= 4 is 28.5 Å². The van der Waals surface area contributed by atoms with Gasteiger partial charge in [-0.3, -0.25) is 4.79 Å². The third-order valence-corrected chi connectivity index (χ3v) is 2.99. The summed E-state index contributed by atoms with van der Waals surface area (Å²) in [4.78, 5) is 25.9. The number of hydrogen-bond donors (Lipinski definition) is 3. The van der Waals surface area contributed by atoms with Crippen LogP contribution in [0.2, 0.25) is 0 Å². The van der Waals surface area contributed by atoms with E-state index in [4.69, 9.17) is 10.5 Å². The number of carbonyl (C=O) groups is 2. The summed E-state index contributed by atoms with van der Waals surface area (Å²) in [5, 5.41) is 8.17. The van der Waals surface area contributed by atoms with Crippen molar-refractivity contribution < 1.29 is 14.3 Å². The van der Waals surface area contributed by atoms with Crippen molar-refractivity contribution in [1.29, 1.82) is 0 Å². The number of aromatic nitrogens is 1. The molecule has 1 aromatic heterocycles. The first-order valence-electron chi connectivity index (χ1n) is 5.99. The van der Waals surface area contributed by atoms with Crippen LogP contribution < -0.4 is 16.4 Å². The number of nitrogens with one attached hydrogen (secondary N) is 2. The van der Waals surface area contributed by atoms with Gasteiger partial charge in [-0.05, 0) is 6.92 Å².